The smallest absolute Gasteiger partial charge is 0.0846 e. The lowest BCUT2D eigenvalue weighted by molar-refractivity contribution is 0.0792. The van der Waals surface area contributed by atoms with Crippen molar-refractivity contribution in [3.63, 3.8) is 0 Å². The van der Waals surface area contributed by atoms with Gasteiger partial charge in [0.05, 0.1) is 5.60 Å². The summed E-state index contributed by atoms with van der Waals surface area (Å²) in [5, 5.41) is 10.6. The van der Waals surface area contributed by atoms with Crippen molar-refractivity contribution in [3.05, 3.63) is 83.4 Å². The van der Waals surface area contributed by atoms with Gasteiger partial charge in [0.2, 0.25) is 0 Å². The molecule has 1 heteroatoms. The Balaban J connectivity index is 1.95. The van der Waals surface area contributed by atoms with E-state index in [1.54, 1.807) is 0 Å². The molecule has 1 N–H and O–H groups in total. The molecule has 0 aliphatic heterocycles. The van der Waals surface area contributed by atoms with Crippen molar-refractivity contribution in [1.82, 2.24) is 0 Å². The van der Waals surface area contributed by atoms with E-state index in [1.165, 1.54) is 27.8 Å². The van der Waals surface area contributed by atoms with Crippen molar-refractivity contribution in [2.75, 3.05) is 0 Å². The lowest BCUT2D eigenvalue weighted by Gasteiger charge is -2.23. The van der Waals surface area contributed by atoms with Crippen LogP contribution < -0.4 is 0 Å². The van der Waals surface area contributed by atoms with Gasteiger partial charge in [-0.05, 0) is 59.2 Å². The summed E-state index contributed by atoms with van der Waals surface area (Å²) < 4.78 is 0. The molecule has 0 saturated heterocycles. The minimum Gasteiger partial charge on any atom is -0.386 e. The highest BCUT2D eigenvalue weighted by Crippen LogP contribution is 2.43. The third kappa shape index (κ3) is 2.29. The monoisotopic (exact) mass is 300 g/mol. The maximum absolute atomic E-state index is 10.6. The number of hydrogen-bond donors (Lipinski definition) is 1. The highest BCUT2D eigenvalue weighted by molar-refractivity contribution is 5.85. The second-order valence-electron chi connectivity index (χ2n) is 6.77. The van der Waals surface area contributed by atoms with E-state index in [0.717, 1.165) is 17.5 Å². The van der Waals surface area contributed by atoms with E-state index in [9.17, 15) is 5.11 Å². The molecule has 0 fully saturated rings. The van der Waals surface area contributed by atoms with Crippen molar-refractivity contribution >= 4 is 0 Å². The minimum atomic E-state index is -0.856. The van der Waals surface area contributed by atoms with Gasteiger partial charge in [-0.1, -0.05) is 66.7 Å². The molecule has 1 nitrogen and oxygen atoms in total. The molecule has 114 valence electrons. The van der Waals surface area contributed by atoms with Crippen LogP contribution in [0.1, 0.15) is 30.5 Å². The number of fused-ring (bicyclic) bond motifs is 3. The van der Waals surface area contributed by atoms with Gasteiger partial charge in [-0.3, -0.25) is 0 Å². The number of hydrogen-bond acceptors (Lipinski definition) is 1. The highest BCUT2D eigenvalue weighted by Gasteiger charge is 2.25. The van der Waals surface area contributed by atoms with Gasteiger partial charge < -0.3 is 5.11 Å². The molecule has 0 atom stereocenters. The molecule has 0 spiro atoms. The van der Waals surface area contributed by atoms with E-state index in [-0.39, 0.29) is 0 Å². The minimum absolute atomic E-state index is 0.856. The quantitative estimate of drug-likeness (QED) is 0.542. The lowest BCUT2D eigenvalue weighted by Crippen LogP contribution is -2.16. The zero-order valence-corrected chi connectivity index (χ0v) is 13.5. The van der Waals surface area contributed by atoms with Gasteiger partial charge in [0.15, 0.2) is 0 Å². The van der Waals surface area contributed by atoms with Gasteiger partial charge in [0.1, 0.15) is 0 Å². The standard InChI is InChI=1S/C22H20O/c1-22(2,23)21-13-6-5-10-19(21)18-12-7-11-17-16-9-4-3-8-15(16)14-20(17)18/h3-13,23H,14H2,1-2H3. The van der Waals surface area contributed by atoms with E-state index in [4.69, 9.17) is 0 Å². The third-order valence-corrected chi connectivity index (χ3v) is 4.73. The number of rotatable bonds is 2. The Morgan fingerprint density at radius 2 is 1.26 bits per heavy atom. The van der Waals surface area contributed by atoms with Crippen LogP contribution in [0.2, 0.25) is 0 Å². The van der Waals surface area contributed by atoms with E-state index in [1.807, 2.05) is 32.0 Å². The van der Waals surface area contributed by atoms with Crippen LogP contribution in [-0.2, 0) is 12.0 Å². The van der Waals surface area contributed by atoms with Crippen molar-refractivity contribution in [1.29, 1.82) is 0 Å². The van der Waals surface area contributed by atoms with Gasteiger partial charge in [-0.15, -0.1) is 0 Å². The second-order valence-corrected chi connectivity index (χ2v) is 6.77. The molecular formula is C22H20O. The Morgan fingerprint density at radius 3 is 2.00 bits per heavy atom. The van der Waals surface area contributed by atoms with E-state index < -0.39 is 5.60 Å². The summed E-state index contributed by atoms with van der Waals surface area (Å²) >= 11 is 0. The van der Waals surface area contributed by atoms with Gasteiger partial charge >= 0.3 is 0 Å². The Morgan fingerprint density at radius 1 is 0.696 bits per heavy atom. The van der Waals surface area contributed by atoms with E-state index >= 15 is 0 Å². The maximum atomic E-state index is 10.6. The van der Waals surface area contributed by atoms with Crippen LogP contribution >= 0.6 is 0 Å². The van der Waals surface area contributed by atoms with Crippen LogP contribution in [0.25, 0.3) is 22.3 Å². The van der Waals surface area contributed by atoms with Crippen LogP contribution in [0.4, 0.5) is 0 Å². The molecule has 4 rings (SSSR count). The average molecular weight is 300 g/mol. The predicted molar refractivity (Wildman–Crippen MR) is 95.4 cm³/mol. The van der Waals surface area contributed by atoms with Crippen molar-refractivity contribution < 1.29 is 5.11 Å². The first-order valence-electron chi connectivity index (χ1n) is 8.08. The Hall–Kier alpha value is -2.38. The number of benzene rings is 3. The first-order valence-corrected chi connectivity index (χ1v) is 8.08. The highest BCUT2D eigenvalue weighted by atomic mass is 16.3. The van der Waals surface area contributed by atoms with Crippen LogP contribution in [-0.4, -0.2) is 5.11 Å². The molecule has 3 aromatic rings. The fraction of sp³-hybridized carbons (Fsp3) is 0.182. The molecule has 0 amide bonds. The fourth-order valence-electron chi connectivity index (χ4n) is 3.66. The molecule has 0 aromatic heterocycles. The molecule has 0 unspecified atom stereocenters. The summed E-state index contributed by atoms with van der Waals surface area (Å²) in [6.07, 6.45) is 0.960. The first-order chi connectivity index (χ1) is 11.1. The first kappa shape index (κ1) is 14.2. The molecule has 0 radical (unpaired) electrons. The second kappa shape index (κ2) is 5.07. The average Bonchev–Trinajstić information content (AvgIpc) is 2.93. The van der Waals surface area contributed by atoms with Gasteiger partial charge in [-0.2, -0.15) is 0 Å². The van der Waals surface area contributed by atoms with Crippen LogP contribution in [0.15, 0.2) is 66.7 Å². The molecular weight excluding hydrogens is 280 g/mol. The van der Waals surface area contributed by atoms with E-state index in [0.29, 0.717) is 0 Å². The SMILES string of the molecule is CC(C)(O)c1ccccc1-c1cccc2c1Cc1ccccc1-2. The summed E-state index contributed by atoms with van der Waals surface area (Å²) in [5.41, 5.74) is 7.89. The molecule has 23 heavy (non-hydrogen) atoms. The Labute approximate surface area is 137 Å². The molecule has 0 bridgehead atoms. The normalized spacial score (nSPS) is 12.8. The Bertz CT molecular complexity index is 884. The lowest BCUT2D eigenvalue weighted by atomic mass is 9.86. The zero-order chi connectivity index (χ0) is 16.0. The summed E-state index contributed by atoms with van der Waals surface area (Å²) in [7, 11) is 0. The van der Waals surface area contributed by atoms with Gasteiger partial charge in [0.25, 0.3) is 0 Å². The van der Waals surface area contributed by atoms with Crippen LogP contribution in [0.3, 0.4) is 0 Å². The van der Waals surface area contributed by atoms with Gasteiger partial charge in [0, 0.05) is 0 Å². The maximum Gasteiger partial charge on any atom is 0.0846 e. The topological polar surface area (TPSA) is 20.2 Å². The molecule has 3 aromatic carbocycles. The van der Waals surface area contributed by atoms with Crippen molar-refractivity contribution in [3.8, 4) is 22.3 Å². The Kier molecular flexibility index (Phi) is 3.14. The molecule has 0 saturated carbocycles. The fourth-order valence-corrected chi connectivity index (χ4v) is 3.66. The summed E-state index contributed by atoms with van der Waals surface area (Å²) in [6, 6.07) is 23.3. The summed E-state index contributed by atoms with van der Waals surface area (Å²) in [6.45, 7) is 3.70. The van der Waals surface area contributed by atoms with Crippen molar-refractivity contribution in [2.24, 2.45) is 0 Å². The molecule has 1 aliphatic rings. The van der Waals surface area contributed by atoms with Crippen LogP contribution in [0.5, 0.6) is 0 Å². The molecule has 0 heterocycles. The van der Waals surface area contributed by atoms with Gasteiger partial charge in [-0.25, -0.2) is 0 Å². The predicted octanol–water partition coefficient (Wildman–Crippen LogP) is 5.15. The molecule has 1 aliphatic carbocycles. The number of aliphatic hydroxyl groups is 1. The summed E-state index contributed by atoms with van der Waals surface area (Å²) in [5.74, 6) is 0. The third-order valence-electron chi connectivity index (χ3n) is 4.73. The summed E-state index contributed by atoms with van der Waals surface area (Å²) in [4.78, 5) is 0. The van der Waals surface area contributed by atoms with E-state index in [2.05, 4.69) is 48.5 Å². The van der Waals surface area contributed by atoms with Crippen molar-refractivity contribution in [2.45, 2.75) is 25.9 Å². The largest absolute Gasteiger partial charge is 0.386 e. The van der Waals surface area contributed by atoms with Crippen LogP contribution in [0, 0.1) is 0 Å². The zero-order valence-electron chi connectivity index (χ0n) is 13.5.